The molecule has 0 aliphatic heterocycles. The van der Waals surface area contributed by atoms with E-state index >= 15 is 0 Å². The van der Waals surface area contributed by atoms with Crippen LogP contribution in [0.25, 0.3) is 0 Å². The van der Waals surface area contributed by atoms with Gasteiger partial charge in [-0.1, -0.05) is 24.4 Å². The minimum atomic E-state index is -0.256. The molecule has 5 heteroatoms. The predicted octanol–water partition coefficient (Wildman–Crippen LogP) is 1.39. The maximum atomic E-state index is 10.5. The molecule has 0 saturated heterocycles. The molecule has 0 aliphatic rings. The first-order valence-electron chi connectivity index (χ1n) is 5.52. The number of hydrogen-bond donors (Lipinski definition) is 3. The third-order valence-corrected chi connectivity index (χ3v) is 2.58. The lowest BCUT2D eigenvalue weighted by atomic mass is 10.1. The van der Waals surface area contributed by atoms with Crippen molar-refractivity contribution in [3.05, 3.63) is 29.8 Å². The van der Waals surface area contributed by atoms with E-state index in [2.05, 4.69) is 5.32 Å². The lowest BCUT2D eigenvalue weighted by Gasteiger charge is -2.10. The fourth-order valence-electron chi connectivity index (χ4n) is 1.50. The molecule has 17 heavy (non-hydrogen) atoms. The molecule has 0 heterocycles. The van der Waals surface area contributed by atoms with E-state index in [1.807, 2.05) is 24.3 Å². The predicted molar refractivity (Wildman–Crippen MR) is 73.9 cm³/mol. The Hall–Kier alpha value is -1.62. The molecule has 1 amide bonds. The van der Waals surface area contributed by atoms with Crippen LogP contribution >= 0.6 is 12.2 Å². The molecular formula is C12H17N3OS. The number of anilines is 1. The number of para-hydroxylation sites is 1. The van der Waals surface area contributed by atoms with E-state index in [9.17, 15) is 4.79 Å². The second kappa shape index (κ2) is 6.85. The van der Waals surface area contributed by atoms with E-state index in [-0.39, 0.29) is 5.91 Å². The largest absolute Gasteiger partial charge is 0.389 e. The fourth-order valence-corrected chi connectivity index (χ4v) is 1.68. The van der Waals surface area contributed by atoms with Crippen molar-refractivity contribution in [2.45, 2.75) is 19.3 Å². The first-order chi connectivity index (χ1) is 8.11. The average molecular weight is 251 g/mol. The van der Waals surface area contributed by atoms with Crippen molar-refractivity contribution in [1.29, 1.82) is 0 Å². The Bertz CT molecular complexity index is 406. The van der Waals surface area contributed by atoms with Crippen molar-refractivity contribution in [1.82, 2.24) is 0 Å². The van der Waals surface area contributed by atoms with Gasteiger partial charge in [0, 0.05) is 24.2 Å². The molecule has 0 bridgehead atoms. The molecule has 0 atom stereocenters. The van der Waals surface area contributed by atoms with Gasteiger partial charge in [-0.15, -0.1) is 0 Å². The summed E-state index contributed by atoms with van der Waals surface area (Å²) in [6.07, 6.45) is 2.10. The number of rotatable bonds is 7. The van der Waals surface area contributed by atoms with Crippen LogP contribution in [0.3, 0.4) is 0 Å². The van der Waals surface area contributed by atoms with Gasteiger partial charge in [0.15, 0.2) is 0 Å². The highest BCUT2D eigenvalue weighted by molar-refractivity contribution is 7.80. The van der Waals surface area contributed by atoms with Crippen LogP contribution in [0.2, 0.25) is 0 Å². The van der Waals surface area contributed by atoms with Gasteiger partial charge >= 0.3 is 0 Å². The highest BCUT2D eigenvalue weighted by Crippen LogP contribution is 2.14. The standard InChI is InChI=1S/C12H17N3OS/c13-11(16)7-3-4-8-15-10-6-2-1-5-9(10)12(14)17/h1-2,5-6,15H,3-4,7-8H2,(H2,13,16)(H2,14,17). The second-order valence-electron chi connectivity index (χ2n) is 3.76. The zero-order valence-corrected chi connectivity index (χ0v) is 10.4. The number of unbranched alkanes of at least 4 members (excludes halogenated alkanes) is 1. The smallest absolute Gasteiger partial charge is 0.217 e. The quantitative estimate of drug-likeness (QED) is 0.505. The summed E-state index contributed by atoms with van der Waals surface area (Å²) in [5, 5.41) is 3.25. The summed E-state index contributed by atoms with van der Waals surface area (Å²) in [5.74, 6) is -0.256. The van der Waals surface area contributed by atoms with E-state index in [4.69, 9.17) is 23.7 Å². The summed E-state index contributed by atoms with van der Waals surface area (Å²) in [5.41, 5.74) is 12.4. The lowest BCUT2D eigenvalue weighted by molar-refractivity contribution is -0.118. The summed E-state index contributed by atoms with van der Waals surface area (Å²) in [6.45, 7) is 0.771. The summed E-state index contributed by atoms with van der Waals surface area (Å²) < 4.78 is 0. The molecule has 0 radical (unpaired) electrons. The van der Waals surface area contributed by atoms with Gasteiger partial charge in [-0.2, -0.15) is 0 Å². The lowest BCUT2D eigenvalue weighted by Crippen LogP contribution is -2.14. The van der Waals surface area contributed by atoms with Gasteiger partial charge in [-0.3, -0.25) is 4.79 Å². The van der Waals surface area contributed by atoms with Crippen molar-refractivity contribution in [3.8, 4) is 0 Å². The third kappa shape index (κ3) is 4.82. The van der Waals surface area contributed by atoms with Crippen LogP contribution in [-0.2, 0) is 4.79 Å². The number of thiocarbonyl (C=S) groups is 1. The molecular weight excluding hydrogens is 234 g/mol. The molecule has 0 aliphatic carbocycles. The minimum Gasteiger partial charge on any atom is -0.389 e. The maximum absolute atomic E-state index is 10.5. The van der Waals surface area contributed by atoms with Crippen LogP contribution in [0.1, 0.15) is 24.8 Å². The molecule has 5 N–H and O–H groups in total. The number of carbonyl (C=O) groups is 1. The van der Waals surface area contributed by atoms with Crippen LogP contribution in [-0.4, -0.2) is 17.4 Å². The van der Waals surface area contributed by atoms with Crippen LogP contribution in [0.5, 0.6) is 0 Å². The molecule has 92 valence electrons. The Labute approximate surface area is 106 Å². The van der Waals surface area contributed by atoms with Crippen LogP contribution in [0.15, 0.2) is 24.3 Å². The Balaban J connectivity index is 2.41. The molecule has 1 rings (SSSR count). The van der Waals surface area contributed by atoms with Crippen molar-refractivity contribution in [2.75, 3.05) is 11.9 Å². The number of amides is 1. The Morgan fingerprint density at radius 3 is 2.59 bits per heavy atom. The molecule has 0 saturated carbocycles. The average Bonchev–Trinajstić information content (AvgIpc) is 2.28. The summed E-state index contributed by atoms with van der Waals surface area (Å²) in [4.78, 5) is 10.9. The third-order valence-electron chi connectivity index (χ3n) is 2.36. The van der Waals surface area contributed by atoms with Gasteiger partial charge < -0.3 is 16.8 Å². The van der Waals surface area contributed by atoms with E-state index in [0.717, 1.165) is 30.6 Å². The molecule has 1 aromatic rings. The van der Waals surface area contributed by atoms with Crippen molar-refractivity contribution in [2.24, 2.45) is 11.5 Å². The van der Waals surface area contributed by atoms with E-state index in [0.29, 0.717) is 11.4 Å². The maximum Gasteiger partial charge on any atom is 0.217 e. The van der Waals surface area contributed by atoms with E-state index in [1.165, 1.54) is 0 Å². The number of nitrogens with one attached hydrogen (secondary N) is 1. The van der Waals surface area contributed by atoms with Gasteiger partial charge in [0.1, 0.15) is 4.99 Å². The SMILES string of the molecule is NC(=O)CCCCNc1ccccc1C(N)=S. The highest BCUT2D eigenvalue weighted by atomic mass is 32.1. The van der Waals surface area contributed by atoms with Gasteiger partial charge in [0.2, 0.25) is 5.91 Å². The van der Waals surface area contributed by atoms with Gasteiger partial charge in [0.25, 0.3) is 0 Å². The first-order valence-corrected chi connectivity index (χ1v) is 5.93. The highest BCUT2D eigenvalue weighted by Gasteiger charge is 2.03. The monoisotopic (exact) mass is 251 g/mol. The van der Waals surface area contributed by atoms with Crippen molar-refractivity contribution >= 4 is 28.8 Å². The molecule has 0 aromatic heterocycles. The zero-order chi connectivity index (χ0) is 12.7. The fraction of sp³-hybridized carbons (Fsp3) is 0.333. The Morgan fingerprint density at radius 2 is 1.94 bits per heavy atom. The number of nitrogens with two attached hydrogens (primary N) is 2. The van der Waals surface area contributed by atoms with E-state index in [1.54, 1.807) is 0 Å². The van der Waals surface area contributed by atoms with Gasteiger partial charge in [-0.05, 0) is 25.0 Å². The zero-order valence-electron chi connectivity index (χ0n) is 9.61. The Kier molecular flexibility index (Phi) is 5.42. The molecule has 0 fully saturated rings. The molecule has 0 unspecified atom stereocenters. The molecule has 4 nitrogen and oxygen atoms in total. The van der Waals surface area contributed by atoms with Crippen LogP contribution in [0.4, 0.5) is 5.69 Å². The molecule has 0 spiro atoms. The van der Waals surface area contributed by atoms with Crippen LogP contribution in [0, 0.1) is 0 Å². The summed E-state index contributed by atoms with van der Waals surface area (Å²) in [6, 6.07) is 7.64. The van der Waals surface area contributed by atoms with Gasteiger partial charge in [0.05, 0.1) is 0 Å². The van der Waals surface area contributed by atoms with Crippen molar-refractivity contribution in [3.63, 3.8) is 0 Å². The van der Waals surface area contributed by atoms with Crippen LogP contribution < -0.4 is 16.8 Å². The number of carbonyl (C=O) groups excluding carboxylic acids is 1. The molecule has 1 aromatic carbocycles. The number of primary amides is 1. The summed E-state index contributed by atoms with van der Waals surface area (Å²) >= 11 is 4.96. The van der Waals surface area contributed by atoms with Gasteiger partial charge in [-0.25, -0.2) is 0 Å². The topological polar surface area (TPSA) is 81.1 Å². The number of benzene rings is 1. The van der Waals surface area contributed by atoms with Crippen molar-refractivity contribution < 1.29 is 4.79 Å². The summed E-state index contributed by atoms with van der Waals surface area (Å²) in [7, 11) is 0. The normalized spacial score (nSPS) is 9.88. The second-order valence-corrected chi connectivity index (χ2v) is 4.20. The van der Waals surface area contributed by atoms with E-state index < -0.39 is 0 Å². The number of hydrogen-bond acceptors (Lipinski definition) is 3. The Morgan fingerprint density at radius 1 is 1.24 bits per heavy atom. The minimum absolute atomic E-state index is 0.256. The first kappa shape index (κ1) is 13.4.